The third kappa shape index (κ3) is 4.15. The van der Waals surface area contributed by atoms with Gasteiger partial charge in [-0.1, -0.05) is 0 Å². The highest BCUT2D eigenvalue weighted by Gasteiger charge is 2.21. The number of methoxy groups -OCH3 is 1. The molecule has 0 amide bonds. The van der Waals surface area contributed by atoms with Gasteiger partial charge < -0.3 is 9.15 Å². The summed E-state index contributed by atoms with van der Waals surface area (Å²) >= 11 is 0. The minimum atomic E-state index is -3.79. The molecule has 9 heteroatoms. The van der Waals surface area contributed by atoms with Crippen molar-refractivity contribution in [3.63, 3.8) is 0 Å². The monoisotopic (exact) mass is 391 g/mol. The second-order valence-corrected chi connectivity index (χ2v) is 7.63. The summed E-state index contributed by atoms with van der Waals surface area (Å²) in [6.45, 7) is 3.23. The zero-order valence-electron chi connectivity index (χ0n) is 15.0. The summed E-state index contributed by atoms with van der Waals surface area (Å²) in [4.78, 5) is 0.182. The molecule has 0 radical (unpaired) electrons. The largest absolute Gasteiger partial charge is 0.497 e. The first-order chi connectivity index (χ1) is 12.8. The molecule has 0 saturated carbocycles. The van der Waals surface area contributed by atoms with Crippen molar-refractivity contribution in [2.75, 3.05) is 7.11 Å². The Morgan fingerprint density at radius 1 is 1.11 bits per heavy atom. The Hall–Kier alpha value is -2.78. The normalized spacial score (nSPS) is 11.6. The lowest BCUT2D eigenvalue weighted by molar-refractivity contribution is 0.413. The summed E-state index contributed by atoms with van der Waals surface area (Å²) in [5.74, 6) is 0.490. The highest BCUT2D eigenvalue weighted by molar-refractivity contribution is 7.89. The van der Waals surface area contributed by atoms with Gasteiger partial charge in [0, 0.05) is 5.56 Å². The van der Waals surface area contributed by atoms with Crippen LogP contribution in [-0.4, -0.2) is 25.7 Å². The average molecular weight is 391 g/mol. The molecule has 0 aliphatic rings. The number of nitrogens with zero attached hydrogens (tertiary/aromatic N) is 2. The number of hydrogen-bond acceptors (Lipinski definition) is 6. The number of aromatic nitrogens is 2. The summed E-state index contributed by atoms with van der Waals surface area (Å²) < 4.78 is 51.4. The lowest BCUT2D eigenvalue weighted by Crippen LogP contribution is -2.25. The van der Waals surface area contributed by atoms with Crippen LogP contribution in [0.25, 0.3) is 11.5 Å². The molecule has 0 aliphatic carbocycles. The van der Waals surface area contributed by atoms with Crippen LogP contribution in [0.4, 0.5) is 4.39 Å². The molecular formula is C18H18FN3O4S. The van der Waals surface area contributed by atoms with Crippen molar-refractivity contribution in [1.82, 2.24) is 14.9 Å². The highest BCUT2D eigenvalue weighted by atomic mass is 32.2. The fourth-order valence-electron chi connectivity index (χ4n) is 2.72. The first kappa shape index (κ1) is 19.0. The van der Waals surface area contributed by atoms with E-state index in [0.717, 1.165) is 0 Å². The molecule has 142 valence electrons. The number of halogens is 1. The molecule has 1 aromatic heterocycles. The van der Waals surface area contributed by atoms with Gasteiger partial charge in [-0.05, 0) is 61.4 Å². The van der Waals surface area contributed by atoms with Crippen molar-refractivity contribution in [2.24, 2.45) is 0 Å². The van der Waals surface area contributed by atoms with E-state index in [9.17, 15) is 12.8 Å². The van der Waals surface area contributed by atoms with Crippen molar-refractivity contribution in [2.45, 2.75) is 25.3 Å². The number of ether oxygens (including phenoxy) is 1. The SMILES string of the molecule is COc1cc(C)c(S(=O)(=O)NCc2nnc(-c3ccc(F)cc3)o2)c(C)c1. The van der Waals surface area contributed by atoms with E-state index < -0.39 is 10.0 Å². The number of rotatable bonds is 6. The second kappa shape index (κ2) is 7.45. The smallest absolute Gasteiger partial charge is 0.247 e. The van der Waals surface area contributed by atoms with Gasteiger partial charge >= 0.3 is 0 Å². The van der Waals surface area contributed by atoms with Crippen LogP contribution in [0.15, 0.2) is 45.7 Å². The fourth-order valence-corrected chi connectivity index (χ4v) is 4.14. The number of sulfonamides is 1. The predicted octanol–water partition coefficient (Wildman–Crippen LogP) is 2.98. The molecular weight excluding hydrogens is 373 g/mol. The molecule has 0 spiro atoms. The number of aryl methyl sites for hydroxylation is 2. The van der Waals surface area contributed by atoms with Crippen molar-refractivity contribution >= 4 is 10.0 Å². The Labute approximate surface area is 156 Å². The Kier molecular flexibility index (Phi) is 5.24. The predicted molar refractivity (Wildman–Crippen MR) is 96.2 cm³/mol. The Balaban J connectivity index is 1.78. The summed E-state index contributed by atoms with van der Waals surface area (Å²) in [6.07, 6.45) is 0. The van der Waals surface area contributed by atoms with Crippen molar-refractivity contribution < 1.29 is 22.0 Å². The average Bonchev–Trinajstić information content (AvgIpc) is 3.09. The van der Waals surface area contributed by atoms with Crippen LogP contribution in [0.2, 0.25) is 0 Å². The van der Waals surface area contributed by atoms with Crippen molar-refractivity contribution in [1.29, 1.82) is 0 Å². The van der Waals surface area contributed by atoms with Gasteiger partial charge in [0.1, 0.15) is 11.6 Å². The number of benzene rings is 2. The standard InChI is InChI=1S/C18H18FN3O4S/c1-11-8-15(25-3)9-12(2)17(11)27(23,24)20-10-16-21-22-18(26-16)13-4-6-14(19)7-5-13/h4-9,20H,10H2,1-3H3. The molecule has 0 fully saturated rings. The van der Waals surface area contributed by atoms with E-state index >= 15 is 0 Å². The first-order valence-corrected chi connectivity index (χ1v) is 9.51. The lowest BCUT2D eigenvalue weighted by atomic mass is 10.1. The zero-order chi connectivity index (χ0) is 19.6. The molecule has 1 N–H and O–H groups in total. The van der Waals surface area contributed by atoms with Crippen molar-refractivity contribution in [3.8, 4) is 17.2 Å². The van der Waals surface area contributed by atoms with Gasteiger partial charge in [-0.3, -0.25) is 0 Å². The van der Waals surface area contributed by atoms with Crippen LogP contribution in [0.5, 0.6) is 5.75 Å². The van der Waals surface area contributed by atoms with Crippen molar-refractivity contribution in [3.05, 3.63) is 59.2 Å². The first-order valence-electron chi connectivity index (χ1n) is 8.03. The Morgan fingerprint density at radius 2 is 1.74 bits per heavy atom. The molecule has 0 atom stereocenters. The maximum Gasteiger partial charge on any atom is 0.247 e. The molecule has 3 rings (SSSR count). The Morgan fingerprint density at radius 3 is 2.33 bits per heavy atom. The van der Waals surface area contributed by atoms with E-state index in [0.29, 0.717) is 22.4 Å². The van der Waals surface area contributed by atoms with E-state index in [2.05, 4.69) is 14.9 Å². The Bertz CT molecular complexity index is 1040. The molecule has 2 aromatic carbocycles. The number of hydrogen-bond donors (Lipinski definition) is 1. The van der Waals surface area contributed by atoms with Crippen LogP contribution in [0.3, 0.4) is 0 Å². The van der Waals surface area contributed by atoms with Gasteiger partial charge in [0.25, 0.3) is 0 Å². The molecule has 1 heterocycles. The van der Waals surface area contributed by atoms with Crippen LogP contribution in [0.1, 0.15) is 17.0 Å². The van der Waals surface area contributed by atoms with Gasteiger partial charge in [-0.15, -0.1) is 10.2 Å². The lowest BCUT2D eigenvalue weighted by Gasteiger charge is -2.13. The molecule has 3 aromatic rings. The topological polar surface area (TPSA) is 94.3 Å². The minimum absolute atomic E-state index is 0.0988. The summed E-state index contributed by atoms with van der Waals surface area (Å²) in [7, 11) is -2.27. The highest BCUT2D eigenvalue weighted by Crippen LogP contribution is 2.26. The molecule has 0 bridgehead atoms. The minimum Gasteiger partial charge on any atom is -0.497 e. The van der Waals surface area contributed by atoms with Crippen LogP contribution >= 0.6 is 0 Å². The van der Waals surface area contributed by atoms with Crippen LogP contribution in [0, 0.1) is 19.7 Å². The van der Waals surface area contributed by atoms with Crippen LogP contribution in [-0.2, 0) is 16.6 Å². The van der Waals surface area contributed by atoms with Gasteiger partial charge in [0.2, 0.25) is 21.8 Å². The summed E-state index contributed by atoms with van der Waals surface area (Å²) in [5.41, 5.74) is 1.67. The quantitative estimate of drug-likeness (QED) is 0.694. The third-order valence-corrected chi connectivity index (χ3v) is 5.62. The summed E-state index contributed by atoms with van der Waals surface area (Å²) in [6, 6.07) is 8.86. The second-order valence-electron chi connectivity index (χ2n) is 5.92. The fraction of sp³-hybridized carbons (Fsp3) is 0.222. The zero-order valence-corrected chi connectivity index (χ0v) is 15.8. The van der Waals surface area contributed by atoms with E-state index in [1.807, 2.05) is 0 Å². The van der Waals surface area contributed by atoms with E-state index in [1.165, 1.54) is 31.4 Å². The third-order valence-electron chi connectivity index (χ3n) is 3.91. The van der Waals surface area contributed by atoms with E-state index in [1.54, 1.807) is 26.0 Å². The van der Waals surface area contributed by atoms with Gasteiger partial charge in [-0.2, -0.15) is 0 Å². The van der Waals surface area contributed by atoms with Crippen LogP contribution < -0.4 is 9.46 Å². The summed E-state index contributed by atoms with van der Waals surface area (Å²) in [5, 5.41) is 7.68. The molecule has 0 unspecified atom stereocenters. The maximum absolute atomic E-state index is 13.0. The molecule has 0 aliphatic heterocycles. The van der Waals surface area contributed by atoms with Gasteiger partial charge in [0.15, 0.2) is 0 Å². The molecule has 0 saturated heterocycles. The molecule has 7 nitrogen and oxygen atoms in total. The van der Waals surface area contributed by atoms with E-state index in [-0.39, 0.29) is 29.0 Å². The number of nitrogens with one attached hydrogen (secondary N) is 1. The van der Waals surface area contributed by atoms with Gasteiger partial charge in [0.05, 0.1) is 18.6 Å². The maximum atomic E-state index is 13.0. The van der Waals surface area contributed by atoms with Gasteiger partial charge in [-0.25, -0.2) is 17.5 Å². The molecule has 27 heavy (non-hydrogen) atoms. The van der Waals surface area contributed by atoms with E-state index in [4.69, 9.17) is 9.15 Å².